The van der Waals surface area contributed by atoms with Crippen LogP contribution in [-0.2, 0) is 11.5 Å². The molecular formula is C10H10F3N3O. The average Bonchev–Trinajstić information content (AvgIpc) is 2.55. The summed E-state index contributed by atoms with van der Waals surface area (Å²) >= 11 is 0. The summed E-state index contributed by atoms with van der Waals surface area (Å²) in [5.41, 5.74) is 6.27. The molecule has 0 radical (unpaired) electrons. The third kappa shape index (κ3) is 2.68. The number of rotatable bonds is 3. The standard InChI is InChI=1S/C10H10F3N3O/c11-10(12,13)5-17-6-16-8-4-2-1-3-7(8)9(14)15-16/h1-4H,5-6H2,(H2,14,15). The van der Waals surface area contributed by atoms with E-state index in [9.17, 15) is 13.2 Å². The second-order valence-electron chi connectivity index (χ2n) is 3.49. The molecule has 17 heavy (non-hydrogen) atoms. The zero-order valence-corrected chi connectivity index (χ0v) is 8.74. The van der Waals surface area contributed by atoms with Gasteiger partial charge in [0.25, 0.3) is 0 Å². The first kappa shape index (κ1) is 11.7. The number of aromatic nitrogens is 2. The number of hydrogen-bond acceptors (Lipinski definition) is 3. The van der Waals surface area contributed by atoms with Gasteiger partial charge in [0.05, 0.1) is 5.52 Å². The highest BCUT2D eigenvalue weighted by molar-refractivity contribution is 5.88. The summed E-state index contributed by atoms with van der Waals surface area (Å²) in [6.07, 6.45) is -4.34. The molecule has 0 amide bonds. The van der Waals surface area contributed by atoms with E-state index in [4.69, 9.17) is 5.73 Å². The average molecular weight is 245 g/mol. The molecule has 0 atom stereocenters. The topological polar surface area (TPSA) is 53.1 Å². The molecule has 2 rings (SSSR count). The number of nitrogens with zero attached hydrogens (tertiary/aromatic N) is 2. The molecule has 92 valence electrons. The highest BCUT2D eigenvalue weighted by Gasteiger charge is 2.27. The quantitative estimate of drug-likeness (QED) is 0.901. The molecule has 0 aliphatic carbocycles. The van der Waals surface area contributed by atoms with Crippen molar-refractivity contribution in [1.29, 1.82) is 0 Å². The monoisotopic (exact) mass is 245 g/mol. The lowest BCUT2D eigenvalue weighted by Gasteiger charge is -2.08. The lowest BCUT2D eigenvalue weighted by molar-refractivity contribution is -0.182. The van der Waals surface area contributed by atoms with E-state index in [0.717, 1.165) is 0 Å². The Labute approximate surface area is 94.8 Å². The molecule has 1 aromatic heterocycles. The lowest BCUT2D eigenvalue weighted by Crippen LogP contribution is -2.18. The van der Waals surface area contributed by atoms with Gasteiger partial charge in [-0.15, -0.1) is 0 Å². The van der Waals surface area contributed by atoms with E-state index in [1.54, 1.807) is 24.3 Å². The van der Waals surface area contributed by atoms with Crippen LogP contribution in [-0.4, -0.2) is 22.6 Å². The van der Waals surface area contributed by atoms with Crippen LogP contribution in [0, 0.1) is 0 Å². The van der Waals surface area contributed by atoms with Gasteiger partial charge in [-0.2, -0.15) is 18.3 Å². The molecule has 2 N–H and O–H groups in total. The van der Waals surface area contributed by atoms with E-state index < -0.39 is 12.8 Å². The Morgan fingerprint density at radius 3 is 2.71 bits per heavy atom. The molecule has 0 spiro atoms. The number of ether oxygens (including phenoxy) is 1. The first-order valence-electron chi connectivity index (χ1n) is 4.83. The Morgan fingerprint density at radius 2 is 2.00 bits per heavy atom. The Bertz CT molecular complexity index is 521. The van der Waals surface area contributed by atoms with Gasteiger partial charge in [0.1, 0.15) is 13.3 Å². The van der Waals surface area contributed by atoms with Gasteiger partial charge in [0, 0.05) is 5.39 Å². The number of benzene rings is 1. The number of nitrogen functional groups attached to an aromatic ring is 1. The van der Waals surface area contributed by atoms with E-state index >= 15 is 0 Å². The largest absolute Gasteiger partial charge is 0.411 e. The van der Waals surface area contributed by atoms with Crippen molar-refractivity contribution >= 4 is 16.7 Å². The zero-order valence-electron chi connectivity index (χ0n) is 8.74. The molecule has 0 aliphatic rings. The normalized spacial score (nSPS) is 12.2. The minimum absolute atomic E-state index is 0.274. The number of alkyl halides is 3. The molecule has 0 fully saturated rings. The van der Waals surface area contributed by atoms with Crippen LogP contribution in [0.3, 0.4) is 0 Å². The predicted molar refractivity (Wildman–Crippen MR) is 56.2 cm³/mol. The van der Waals surface area contributed by atoms with Crippen molar-refractivity contribution in [2.75, 3.05) is 12.3 Å². The molecule has 1 heterocycles. The molecule has 1 aromatic carbocycles. The van der Waals surface area contributed by atoms with Gasteiger partial charge in [0.15, 0.2) is 5.82 Å². The summed E-state index contributed by atoms with van der Waals surface area (Å²) in [5, 5.41) is 4.61. The van der Waals surface area contributed by atoms with E-state index in [1.165, 1.54) is 4.68 Å². The summed E-state index contributed by atoms with van der Waals surface area (Å²) in [6, 6.07) is 7.00. The van der Waals surface area contributed by atoms with Gasteiger partial charge in [-0.25, -0.2) is 4.68 Å². The highest BCUT2D eigenvalue weighted by atomic mass is 19.4. The minimum Gasteiger partial charge on any atom is -0.382 e. The Kier molecular flexibility index (Phi) is 2.93. The highest BCUT2D eigenvalue weighted by Crippen LogP contribution is 2.20. The van der Waals surface area contributed by atoms with Gasteiger partial charge in [0.2, 0.25) is 0 Å². The molecule has 7 heteroatoms. The maximum absolute atomic E-state index is 11.9. The molecule has 0 bridgehead atoms. The number of halogens is 3. The second-order valence-corrected chi connectivity index (χ2v) is 3.49. The lowest BCUT2D eigenvalue weighted by atomic mass is 10.2. The summed E-state index contributed by atoms with van der Waals surface area (Å²) in [5.74, 6) is 0.274. The summed E-state index contributed by atoms with van der Waals surface area (Å²) in [6.45, 7) is -1.59. The fraction of sp³-hybridized carbons (Fsp3) is 0.300. The van der Waals surface area contributed by atoms with Gasteiger partial charge in [-0.1, -0.05) is 12.1 Å². The SMILES string of the molecule is Nc1nn(COCC(F)(F)F)c2ccccc12. The molecule has 0 saturated carbocycles. The van der Waals surface area contributed by atoms with E-state index in [0.29, 0.717) is 10.9 Å². The molecule has 0 aliphatic heterocycles. The number of nitrogens with two attached hydrogens (primary N) is 1. The number of fused-ring (bicyclic) bond motifs is 1. The number of para-hydroxylation sites is 1. The van der Waals surface area contributed by atoms with Crippen molar-refractivity contribution in [3.05, 3.63) is 24.3 Å². The Hall–Kier alpha value is -1.76. The maximum Gasteiger partial charge on any atom is 0.411 e. The Morgan fingerprint density at radius 1 is 1.29 bits per heavy atom. The van der Waals surface area contributed by atoms with Crippen molar-refractivity contribution in [2.24, 2.45) is 0 Å². The molecule has 0 saturated heterocycles. The third-order valence-corrected chi connectivity index (χ3v) is 2.17. The summed E-state index contributed by atoms with van der Waals surface area (Å²) in [4.78, 5) is 0. The summed E-state index contributed by atoms with van der Waals surface area (Å²) in [7, 11) is 0. The van der Waals surface area contributed by atoms with E-state index in [1.807, 2.05) is 0 Å². The van der Waals surface area contributed by atoms with Crippen molar-refractivity contribution in [2.45, 2.75) is 12.9 Å². The molecule has 0 unspecified atom stereocenters. The van der Waals surface area contributed by atoms with Crippen molar-refractivity contribution in [3.63, 3.8) is 0 Å². The molecular weight excluding hydrogens is 235 g/mol. The first-order chi connectivity index (χ1) is 7.97. The van der Waals surface area contributed by atoms with Crippen molar-refractivity contribution in [3.8, 4) is 0 Å². The first-order valence-corrected chi connectivity index (χ1v) is 4.83. The van der Waals surface area contributed by atoms with Crippen LogP contribution in [0.15, 0.2) is 24.3 Å². The van der Waals surface area contributed by atoms with E-state index in [-0.39, 0.29) is 12.5 Å². The Balaban J connectivity index is 2.14. The van der Waals surface area contributed by atoms with Crippen LogP contribution < -0.4 is 5.73 Å². The van der Waals surface area contributed by atoms with E-state index in [2.05, 4.69) is 9.84 Å². The van der Waals surface area contributed by atoms with Gasteiger partial charge >= 0.3 is 6.18 Å². The predicted octanol–water partition coefficient (Wildman–Crippen LogP) is 2.15. The zero-order chi connectivity index (χ0) is 12.5. The minimum atomic E-state index is -4.34. The second kappa shape index (κ2) is 4.25. The fourth-order valence-corrected chi connectivity index (χ4v) is 1.50. The molecule has 2 aromatic rings. The van der Waals surface area contributed by atoms with Crippen LogP contribution in [0.1, 0.15) is 0 Å². The van der Waals surface area contributed by atoms with Crippen LogP contribution in [0.25, 0.3) is 10.9 Å². The fourth-order valence-electron chi connectivity index (χ4n) is 1.50. The van der Waals surface area contributed by atoms with Gasteiger partial charge < -0.3 is 10.5 Å². The third-order valence-electron chi connectivity index (χ3n) is 2.17. The van der Waals surface area contributed by atoms with Crippen LogP contribution in [0.2, 0.25) is 0 Å². The summed E-state index contributed by atoms with van der Waals surface area (Å²) < 4.78 is 41.5. The van der Waals surface area contributed by atoms with Crippen molar-refractivity contribution in [1.82, 2.24) is 9.78 Å². The van der Waals surface area contributed by atoms with Crippen molar-refractivity contribution < 1.29 is 17.9 Å². The number of anilines is 1. The van der Waals surface area contributed by atoms with Gasteiger partial charge in [-0.3, -0.25) is 0 Å². The van der Waals surface area contributed by atoms with Crippen LogP contribution >= 0.6 is 0 Å². The van der Waals surface area contributed by atoms with Crippen LogP contribution in [0.5, 0.6) is 0 Å². The smallest absolute Gasteiger partial charge is 0.382 e. The van der Waals surface area contributed by atoms with Gasteiger partial charge in [-0.05, 0) is 12.1 Å². The molecule has 4 nitrogen and oxygen atoms in total. The maximum atomic E-state index is 11.9. The number of hydrogen-bond donors (Lipinski definition) is 1. The van der Waals surface area contributed by atoms with Crippen LogP contribution in [0.4, 0.5) is 19.0 Å².